The number of hydrogen-bond donors (Lipinski definition) is 1. The van der Waals surface area contributed by atoms with Crippen LogP contribution in [-0.2, 0) is 9.59 Å². The first-order chi connectivity index (χ1) is 8.24. The zero-order chi connectivity index (χ0) is 13.9. The van der Waals surface area contributed by atoms with Gasteiger partial charge >= 0.3 is 0 Å². The molecule has 0 aromatic carbocycles. The molecule has 104 valence electrons. The Kier molecular flexibility index (Phi) is 4.94. The van der Waals surface area contributed by atoms with Gasteiger partial charge in [-0.3, -0.25) is 14.9 Å². The number of hydrogen-bond acceptors (Lipinski definition) is 2. The van der Waals surface area contributed by atoms with Gasteiger partial charge in [0.25, 0.3) is 0 Å². The van der Waals surface area contributed by atoms with Crippen LogP contribution in [0.4, 0.5) is 0 Å². The Morgan fingerprint density at radius 3 is 2.33 bits per heavy atom. The van der Waals surface area contributed by atoms with E-state index in [1.165, 1.54) is 0 Å². The highest BCUT2D eigenvalue weighted by molar-refractivity contribution is 5.99. The maximum absolute atomic E-state index is 12.1. The predicted octanol–water partition coefficient (Wildman–Crippen LogP) is 3.14. The quantitative estimate of drug-likeness (QED) is 0.765. The molecule has 1 fully saturated rings. The van der Waals surface area contributed by atoms with E-state index in [1.54, 1.807) is 0 Å². The maximum atomic E-state index is 12.1. The van der Waals surface area contributed by atoms with Crippen LogP contribution in [0.3, 0.4) is 0 Å². The minimum Gasteiger partial charge on any atom is -0.296 e. The summed E-state index contributed by atoms with van der Waals surface area (Å²) in [5.41, 5.74) is -0.159. The van der Waals surface area contributed by atoms with Crippen molar-refractivity contribution in [2.75, 3.05) is 0 Å². The fourth-order valence-corrected chi connectivity index (χ4v) is 2.82. The van der Waals surface area contributed by atoms with Gasteiger partial charge in [0.2, 0.25) is 11.8 Å². The van der Waals surface area contributed by atoms with Gasteiger partial charge in [-0.15, -0.1) is 0 Å². The molecule has 0 bridgehead atoms. The van der Waals surface area contributed by atoms with E-state index in [1.807, 2.05) is 0 Å². The minimum atomic E-state index is -0.159. The summed E-state index contributed by atoms with van der Waals surface area (Å²) in [7, 11) is 0. The molecule has 1 rings (SSSR count). The minimum absolute atomic E-state index is 0.0195. The molecule has 3 nitrogen and oxygen atoms in total. The number of imide groups is 1. The molecular weight excluding hydrogens is 226 g/mol. The third-order valence-electron chi connectivity index (χ3n) is 3.98. The molecule has 2 amide bonds. The summed E-state index contributed by atoms with van der Waals surface area (Å²) in [4.78, 5) is 23.7. The monoisotopic (exact) mass is 253 g/mol. The lowest BCUT2D eigenvalue weighted by Crippen LogP contribution is -2.51. The van der Waals surface area contributed by atoms with Crippen molar-refractivity contribution >= 4 is 11.8 Å². The third-order valence-corrected chi connectivity index (χ3v) is 3.98. The second kappa shape index (κ2) is 5.85. The average Bonchev–Trinajstić information content (AvgIpc) is 2.20. The largest absolute Gasteiger partial charge is 0.296 e. The van der Waals surface area contributed by atoms with E-state index in [4.69, 9.17) is 0 Å². The molecule has 0 aliphatic carbocycles. The number of nitrogens with one attached hydrogen (secondary N) is 1. The summed E-state index contributed by atoms with van der Waals surface area (Å²) in [5, 5.41) is 2.50. The molecule has 0 radical (unpaired) electrons. The molecule has 2 atom stereocenters. The Labute approximate surface area is 111 Å². The highest BCUT2D eigenvalue weighted by Crippen LogP contribution is 2.42. The van der Waals surface area contributed by atoms with Gasteiger partial charge in [-0.25, -0.2) is 0 Å². The van der Waals surface area contributed by atoms with Crippen molar-refractivity contribution in [1.82, 2.24) is 5.32 Å². The Morgan fingerprint density at radius 2 is 1.83 bits per heavy atom. The van der Waals surface area contributed by atoms with Crippen molar-refractivity contribution in [2.45, 2.75) is 60.3 Å². The molecule has 1 saturated heterocycles. The van der Waals surface area contributed by atoms with Crippen LogP contribution in [0.1, 0.15) is 60.3 Å². The van der Waals surface area contributed by atoms with E-state index in [0.29, 0.717) is 18.3 Å². The topological polar surface area (TPSA) is 46.2 Å². The van der Waals surface area contributed by atoms with Crippen LogP contribution in [0.5, 0.6) is 0 Å². The Morgan fingerprint density at radius 1 is 1.22 bits per heavy atom. The number of piperidine rings is 1. The molecule has 1 aliphatic heterocycles. The summed E-state index contributed by atoms with van der Waals surface area (Å²) in [6, 6.07) is 0. The first-order valence-electron chi connectivity index (χ1n) is 7.08. The third kappa shape index (κ3) is 3.82. The first kappa shape index (κ1) is 15.2. The second-order valence-electron chi connectivity index (χ2n) is 6.86. The van der Waals surface area contributed by atoms with Gasteiger partial charge in [0.05, 0.1) is 0 Å². The smallest absolute Gasteiger partial charge is 0.230 e. The normalized spacial score (nSPS) is 28.9. The zero-order valence-corrected chi connectivity index (χ0v) is 12.4. The predicted molar refractivity (Wildman–Crippen MR) is 72.9 cm³/mol. The van der Waals surface area contributed by atoms with E-state index in [-0.39, 0.29) is 23.1 Å². The van der Waals surface area contributed by atoms with Crippen molar-refractivity contribution in [3.63, 3.8) is 0 Å². The fraction of sp³-hybridized carbons (Fsp3) is 0.867. The number of rotatable bonds is 5. The average molecular weight is 253 g/mol. The fourth-order valence-electron chi connectivity index (χ4n) is 2.82. The van der Waals surface area contributed by atoms with Gasteiger partial charge < -0.3 is 0 Å². The lowest BCUT2D eigenvalue weighted by molar-refractivity contribution is -0.144. The number of carbonyl (C=O) groups is 2. The van der Waals surface area contributed by atoms with Crippen molar-refractivity contribution in [3.05, 3.63) is 0 Å². The Balaban J connectivity index is 2.85. The van der Waals surface area contributed by atoms with Gasteiger partial charge in [-0.05, 0) is 30.1 Å². The standard InChI is InChI=1S/C15H27NO2/c1-10(2)6-7-15(5)9-13(17)16-14(18)12(15)8-11(3)4/h10-12H,6-9H2,1-5H3,(H,16,17,18). The van der Waals surface area contributed by atoms with Crippen LogP contribution < -0.4 is 5.32 Å². The van der Waals surface area contributed by atoms with E-state index >= 15 is 0 Å². The van der Waals surface area contributed by atoms with Gasteiger partial charge in [-0.2, -0.15) is 0 Å². The van der Waals surface area contributed by atoms with Gasteiger partial charge in [0, 0.05) is 12.3 Å². The van der Waals surface area contributed by atoms with Crippen LogP contribution in [0.15, 0.2) is 0 Å². The number of amides is 2. The molecule has 1 aliphatic rings. The summed E-state index contributed by atoms with van der Waals surface area (Å²) >= 11 is 0. The highest BCUT2D eigenvalue weighted by atomic mass is 16.2. The number of carbonyl (C=O) groups excluding carboxylic acids is 2. The Bertz CT molecular complexity index is 322. The molecule has 3 heteroatoms. The van der Waals surface area contributed by atoms with Crippen LogP contribution >= 0.6 is 0 Å². The summed E-state index contributed by atoms with van der Waals surface area (Å²) in [6.45, 7) is 10.7. The Hall–Kier alpha value is -0.860. The molecule has 0 spiro atoms. The summed E-state index contributed by atoms with van der Waals surface area (Å²) in [5.74, 6) is 0.903. The van der Waals surface area contributed by atoms with E-state index in [0.717, 1.165) is 19.3 Å². The van der Waals surface area contributed by atoms with Gasteiger partial charge in [0.1, 0.15) is 0 Å². The zero-order valence-electron chi connectivity index (χ0n) is 12.4. The first-order valence-corrected chi connectivity index (χ1v) is 7.08. The lowest BCUT2D eigenvalue weighted by Gasteiger charge is -2.41. The van der Waals surface area contributed by atoms with E-state index in [9.17, 15) is 9.59 Å². The van der Waals surface area contributed by atoms with Crippen LogP contribution in [0, 0.1) is 23.2 Å². The molecule has 2 unspecified atom stereocenters. The molecule has 0 aromatic heterocycles. The molecule has 1 heterocycles. The van der Waals surface area contributed by atoms with Crippen LogP contribution in [0.2, 0.25) is 0 Å². The molecular formula is C15H27NO2. The van der Waals surface area contributed by atoms with Gasteiger partial charge in [0.15, 0.2) is 0 Å². The highest BCUT2D eigenvalue weighted by Gasteiger charge is 2.44. The maximum Gasteiger partial charge on any atom is 0.230 e. The molecule has 0 aromatic rings. The van der Waals surface area contributed by atoms with Crippen molar-refractivity contribution < 1.29 is 9.59 Å². The van der Waals surface area contributed by atoms with Crippen LogP contribution in [-0.4, -0.2) is 11.8 Å². The van der Waals surface area contributed by atoms with Crippen molar-refractivity contribution in [1.29, 1.82) is 0 Å². The van der Waals surface area contributed by atoms with E-state index < -0.39 is 0 Å². The van der Waals surface area contributed by atoms with Crippen LogP contribution in [0.25, 0.3) is 0 Å². The molecule has 18 heavy (non-hydrogen) atoms. The summed E-state index contributed by atoms with van der Waals surface area (Å²) < 4.78 is 0. The van der Waals surface area contributed by atoms with Crippen molar-refractivity contribution in [3.8, 4) is 0 Å². The summed E-state index contributed by atoms with van der Waals surface area (Å²) in [6.07, 6.45) is 3.39. The molecule has 0 saturated carbocycles. The SMILES string of the molecule is CC(C)CCC1(C)CC(=O)NC(=O)C1CC(C)C. The van der Waals surface area contributed by atoms with E-state index in [2.05, 4.69) is 39.9 Å². The second-order valence-corrected chi connectivity index (χ2v) is 6.86. The lowest BCUT2D eigenvalue weighted by atomic mass is 9.65. The van der Waals surface area contributed by atoms with Gasteiger partial charge in [-0.1, -0.05) is 41.0 Å². The van der Waals surface area contributed by atoms with Crippen molar-refractivity contribution in [2.24, 2.45) is 23.2 Å². The molecule has 1 N–H and O–H groups in total.